The van der Waals surface area contributed by atoms with Gasteiger partial charge in [0, 0.05) is 57.7 Å². The Labute approximate surface area is 348 Å². The number of carbonyl (C=O) groups is 2. The zero-order chi connectivity index (χ0) is 44.4. The number of phosphoric ester groups is 1. The van der Waals surface area contributed by atoms with E-state index in [0.29, 0.717) is 12.8 Å². The zero-order valence-electron chi connectivity index (χ0n) is 34.4. The lowest BCUT2D eigenvalue weighted by Gasteiger charge is -2.39. The molecule has 4 heterocycles. The van der Waals surface area contributed by atoms with Gasteiger partial charge in [-0.25, -0.2) is 14.2 Å². The molecule has 0 spiro atoms. The number of rotatable bonds is 20. The van der Waals surface area contributed by atoms with Crippen molar-refractivity contribution in [1.29, 1.82) is 5.26 Å². The first-order chi connectivity index (χ1) is 29.1. The van der Waals surface area contributed by atoms with Crippen LogP contribution in [-0.2, 0) is 60.9 Å². The second-order valence-corrected chi connectivity index (χ2v) is 16.4. The van der Waals surface area contributed by atoms with Gasteiger partial charge >= 0.3 is 31.1 Å². The van der Waals surface area contributed by atoms with E-state index in [2.05, 4.69) is 9.97 Å². The molecular weight excluding hydrogens is 833 g/mol. The van der Waals surface area contributed by atoms with Gasteiger partial charge in [0.25, 0.3) is 11.1 Å². The number of hydrogen-bond acceptors (Lipinski definition) is 19. The number of nitriles is 1. The monoisotopic (exact) mass is 885 g/mol. The molecule has 5 rings (SSSR count). The van der Waals surface area contributed by atoms with Gasteiger partial charge in [-0.2, -0.15) is 5.26 Å². The Morgan fingerprint density at radius 1 is 0.803 bits per heavy atom. The summed E-state index contributed by atoms with van der Waals surface area (Å²) in [5, 5.41) is 19.2. The molecule has 0 aromatic carbocycles. The summed E-state index contributed by atoms with van der Waals surface area (Å²) in [6, 6.07) is 1.84. The maximum absolute atomic E-state index is 14.2. The Hall–Kier alpha value is -4.34. The zero-order valence-corrected chi connectivity index (χ0v) is 35.3. The predicted molar refractivity (Wildman–Crippen MR) is 206 cm³/mol. The predicted octanol–water partition coefficient (Wildman–Crippen LogP) is 0.401. The van der Waals surface area contributed by atoms with E-state index in [1.54, 1.807) is 21.3 Å². The first kappa shape index (κ1) is 47.7. The second kappa shape index (κ2) is 21.6. The number of aromatic amines is 2. The lowest BCUT2D eigenvalue weighted by Crippen LogP contribution is -2.48. The smallest absolute Gasteiger partial charge is 0.465 e. The number of nitrogens with one attached hydrogen (secondary N) is 2. The van der Waals surface area contributed by atoms with Crippen molar-refractivity contribution in [2.75, 3.05) is 47.8 Å². The minimum absolute atomic E-state index is 0.0610. The fourth-order valence-electron chi connectivity index (χ4n) is 7.40. The summed E-state index contributed by atoms with van der Waals surface area (Å²) in [6.07, 6.45) is -5.45. The Kier molecular flexibility index (Phi) is 16.9. The van der Waals surface area contributed by atoms with E-state index in [1.807, 2.05) is 6.07 Å². The molecule has 5 unspecified atom stereocenters. The molecule has 9 atom stereocenters. The van der Waals surface area contributed by atoms with Gasteiger partial charge in [0.15, 0.2) is 0 Å². The number of aliphatic hydroxyl groups is 1. The fourth-order valence-corrected chi connectivity index (χ4v) is 8.79. The molecule has 338 valence electrons. The molecule has 2 aromatic rings. The molecule has 23 nitrogen and oxygen atoms in total. The van der Waals surface area contributed by atoms with Crippen LogP contribution in [0.15, 0.2) is 31.6 Å². The van der Waals surface area contributed by atoms with Gasteiger partial charge in [0.1, 0.15) is 43.0 Å². The Bertz CT molecular complexity index is 2150. The first-order valence-electron chi connectivity index (χ1n) is 19.6. The largest absolute Gasteiger partial charge is 0.475 e. The third-order valence-corrected chi connectivity index (χ3v) is 12.1. The van der Waals surface area contributed by atoms with Crippen LogP contribution in [0.4, 0.5) is 0 Å². The van der Waals surface area contributed by atoms with Gasteiger partial charge in [0.05, 0.1) is 64.0 Å². The van der Waals surface area contributed by atoms with Crippen molar-refractivity contribution in [3.63, 3.8) is 0 Å². The summed E-state index contributed by atoms with van der Waals surface area (Å²) < 4.78 is 73.0. The van der Waals surface area contributed by atoms with E-state index in [9.17, 15) is 38.4 Å². The maximum Gasteiger partial charge on any atom is 0.475 e. The molecule has 1 saturated carbocycles. The fraction of sp³-hybridized carbons (Fsp3) is 0.703. The quantitative estimate of drug-likeness (QED) is 0.0921. The van der Waals surface area contributed by atoms with Gasteiger partial charge in [-0.15, -0.1) is 0 Å². The molecule has 2 aliphatic heterocycles. The molecule has 0 amide bonds. The van der Waals surface area contributed by atoms with Crippen LogP contribution in [-0.4, -0.2) is 127 Å². The summed E-state index contributed by atoms with van der Waals surface area (Å²) in [5.41, 5.74) is -2.48. The highest BCUT2D eigenvalue weighted by Gasteiger charge is 2.46. The number of hydrogen-bond donors (Lipinski definition) is 3. The summed E-state index contributed by atoms with van der Waals surface area (Å²) >= 11 is 0. The number of H-pyrrole nitrogens is 2. The molecule has 3 N–H and O–H groups in total. The highest BCUT2D eigenvalue weighted by atomic mass is 31.2. The molecule has 2 saturated heterocycles. The van der Waals surface area contributed by atoms with E-state index >= 15 is 0 Å². The second-order valence-electron chi connectivity index (χ2n) is 14.8. The van der Waals surface area contributed by atoms with E-state index in [0.717, 1.165) is 9.13 Å². The van der Waals surface area contributed by atoms with Crippen molar-refractivity contribution in [3.8, 4) is 6.07 Å². The highest BCUT2D eigenvalue weighted by Crippen LogP contribution is 2.54. The molecule has 3 aliphatic rings. The van der Waals surface area contributed by atoms with Crippen molar-refractivity contribution in [2.24, 2.45) is 5.92 Å². The van der Waals surface area contributed by atoms with Crippen LogP contribution in [0.1, 0.15) is 68.5 Å². The number of phosphoric acid groups is 1. The van der Waals surface area contributed by atoms with Crippen LogP contribution in [0, 0.1) is 31.1 Å². The van der Waals surface area contributed by atoms with Crippen LogP contribution >= 0.6 is 7.82 Å². The number of methoxy groups -OCH3 is 3. The SMILES string of the molecule is COC1CC(COC(=O)CCC(=O)O[C@@H]2C[C@H](n3cc(C)c(=O)[nH]c3=O)OC2COP(=O)(OCCC#N)O[C@@H]2C[C@H](n3cc(C)c(=O)[nH]c3=O)OC2CO)CC(OC)C1OC. The van der Waals surface area contributed by atoms with Crippen molar-refractivity contribution < 1.29 is 66.0 Å². The average Bonchev–Trinajstić information content (AvgIpc) is 3.83. The number of aliphatic hydroxyl groups excluding tert-OH is 1. The lowest BCUT2D eigenvalue weighted by atomic mass is 9.83. The van der Waals surface area contributed by atoms with Gasteiger partial charge in [-0.3, -0.25) is 51.9 Å². The third-order valence-electron chi connectivity index (χ3n) is 10.6. The van der Waals surface area contributed by atoms with Crippen LogP contribution in [0.25, 0.3) is 0 Å². The van der Waals surface area contributed by atoms with E-state index < -0.39 is 105 Å². The van der Waals surface area contributed by atoms with Crippen molar-refractivity contribution in [3.05, 3.63) is 65.2 Å². The minimum Gasteiger partial charge on any atom is -0.465 e. The van der Waals surface area contributed by atoms with E-state index in [4.69, 9.17) is 52.0 Å². The summed E-state index contributed by atoms with van der Waals surface area (Å²) in [5.74, 6) is -1.58. The van der Waals surface area contributed by atoms with Crippen molar-refractivity contribution in [1.82, 2.24) is 19.1 Å². The Morgan fingerprint density at radius 3 is 1.90 bits per heavy atom. The van der Waals surface area contributed by atoms with E-state index in [1.165, 1.54) is 26.2 Å². The molecule has 1 aliphatic carbocycles. The summed E-state index contributed by atoms with van der Waals surface area (Å²) in [7, 11) is -0.000331. The summed E-state index contributed by atoms with van der Waals surface area (Å²) in [4.78, 5) is 79.7. The van der Waals surface area contributed by atoms with Crippen LogP contribution in [0.2, 0.25) is 0 Å². The van der Waals surface area contributed by atoms with Gasteiger partial charge in [-0.05, 0) is 32.6 Å². The molecule has 61 heavy (non-hydrogen) atoms. The highest BCUT2D eigenvalue weighted by molar-refractivity contribution is 7.48. The lowest BCUT2D eigenvalue weighted by molar-refractivity contribution is -0.161. The molecule has 24 heteroatoms. The van der Waals surface area contributed by atoms with Gasteiger partial charge in [0.2, 0.25) is 0 Å². The number of ether oxygens (including phenoxy) is 7. The standard InChI is InChI=1S/C37H52N5O18P/c1-20-15-41(36(48)39-34(20)46)29-13-23(59-32(45)8-7-31(44)54-18-22-11-25(51-3)33(53-5)26(12-22)52-4)28(58-29)19-56-61(50,55-10-6-9-38)60-24-14-30(57-27(24)17-43)42-16-21(2)35(47)40-37(42)49/h15-16,22-30,33,43H,6-8,10-14,17-19H2,1-5H3,(H,39,46,48)(H,40,47,49)/t22?,23-,24-,25?,26?,27?,28?,29-,30-,33?,61?/m1/s1. The average molecular weight is 886 g/mol. The Morgan fingerprint density at radius 2 is 1.36 bits per heavy atom. The maximum atomic E-state index is 14.2. The molecular formula is C37H52N5O18P. The molecule has 0 bridgehead atoms. The van der Waals surface area contributed by atoms with E-state index in [-0.39, 0.29) is 67.6 Å². The molecule has 0 radical (unpaired) electrons. The summed E-state index contributed by atoms with van der Waals surface area (Å²) in [6.45, 7) is 1.28. The normalized spacial score (nSPS) is 28.5. The molecule has 2 aromatic heterocycles. The topological polar surface area (TPSA) is 297 Å². The molecule has 3 fully saturated rings. The van der Waals surface area contributed by atoms with Crippen LogP contribution < -0.4 is 22.5 Å². The number of nitrogens with zero attached hydrogens (tertiary/aromatic N) is 3. The number of aromatic nitrogens is 4. The van der Waals surface area contributed by atoms with Gasteiger partial charge < -0.3 is 38.3 Å². The third kappa shape index (κ3) is 12.2. The van der Waals surface area contributed by atoms with Crippen molar-refractivity contribution >= 4 is 19.8 Å². The first-order valence-corrected chi connectivity index (χ1v) is 21.0. The van der Waals surface area contributed by atoms with Crippen LogP contribution in [0.5, 0.6) is 0 Å². The number of carbonyl (C=O) groups excluding carboxylic acids is 2. The minimum atomic E-state index is -4.70. The van der Waals surface area contributed by atoms with Gasteiger partial charge in [-0.1, -0.05) is 0 Å². The van der Waals surface area contributed by atoms with Crippen LogP contribution in [0.3, 0.4) is 0 Å². The number of aryl methyl sites for hydroxylation is 2. The Balaban J connectivity index is 1.26. The van der Waals surface area contributed by atoms with Crippen molar-refractivity contribution in [2.45, 2.75) is 114 Å². The number of esters is 2.